The molecule has 2 N–H and O–H groups in total. The zero-order valence-corrected chi connectivity index (χ0v) is 13.3. The first-order valence-electron chi connectivity index (χ1n) is 7.41. The lowest BCUT2D eigenvalue weighted by Gasteiger charge is -2.22. The molecule has 0 aliphatic heterocycles. The van der Waals surface area contributed by atoms with Crippen LogP contribution in [0.3, 0.4) is 0 Å². The van der Waals surface area contributed by atoms with Gasteiger partial charge in [-0.25, -0.2) is 9.97 Å². The molecule has 0 atom stereocenters. The molecule has 112 valence electrons. The van der Waals surface area contributed by atoms with Gasteiger partial charge in [-0.1, -0.05) is 31.2 Å². The Morgan fingerprint density at radius 3 is 2.52 bits per heavy atom. The molecule has 2 rings (SSSR count). The van der Waals surface area contributed by atoms with Gasteiger partial charge in [-0.2, -0.15) is 0 Å². The highest BCUT2D eigenvalue weighted by molar-refractivity contribution is 5.56. The molecule has 0 saturated carbocycles. The number of benzene rings is 1. The number of rotatable bonds is 5. The van der Waals surface area contributed by atoms with Crippen LogP contribution in [0.25, 0.3) is 0 Å². The van der Waals surface area contributed by atoms with Crippen LogP contribution < -0.4 is 10.6 Å². The first kappa shape index (κ1) is 15.3. The molecule has 0 radical (unpaired) electrons. The van der Waals surface area contributed by atoms with Crippen molar-refractivity contribution in [3.05, 3.63) is 46.8 Å². The molecule has 4 nitrogen and oxygen atoms in total. The quantitative estimate of drug-likeness (QED) is 0.915. The Bertz CT molecular complexity index is 622. The van der Waals surface area contributed by atoms with Gasteiger partial charge in [0, 0.05) is 25.6 Å². The number of anilines is 2. The third-order valence-electron chi connectivity index (χ3n) is 3.71. The normalized spacial score (nSPS) is 10.7. The van der Waals surface area contributed by atoms with Crippen LogP contribution in [0.15, 0.2) is 24.3 Å². The number of nitrogen functional groups attached to an aromatic ring is 1. The molecule has 0 bridgehead atoms. The number of hydrogen-bond donors (Lipinski definition) is 1. The third-order valence-corrected chi connectivity index (χ3v) is 3.71. The SMILES string of the molecule is CCCc1nc(N)c(C)c(N(C)Cc2ccccc2C)n1. The molecule has 0 aliphatic carbocycles. The fourth-order valence-electron chi connectivity index (χ4n) is 2.39. The first-order valence-corrected chi connectivity index (χ1v) is 7.41. The molecule has 0 fully saturated rings. The number of nitrogens with two attached hydrogens (primary N) is 1. The van der Waals surface area contributed by atoms with E-state index in [1.54, 1.807) is 0 Å². The Morgan fingerprint density at radius 2 is 1.86 bits per heavy atom. The van der Waals surface area contributed by atoms with E-state index < -0.39 is 0 Å². The van der Waals surface area contributed by atoms with Gasteiger partial charge >= 0.3 is 0 Å². The van der Waals surface area contributed by atoms with Crippen molar-refractivity contribution < 1.29 is 0 Å². The van der Waals surface area contributed by atoms with Gasteiger partial charge in [0.05, 0.1) is 0 Å². The van der Waals surface area contributed by atoms with Crippen LogP contribution in [0.2, 0.25) is 0 Å². The van der Waals surface area contributed by atoms with E-state index in [4.69, 9.17) is 5.73 Å². The molecular formula is C17H24N4. The topological polar surface area (TPSA) is 55.0 Å². The minimum absolute atomic E-state index is 0.583. The second kappa shape index (κ2) is 6.57. The van der Waals surface area contributed by atoms with E-state index in [2.05, 4.69) is 60.0 Å². The number of aromatic nitrogens is 2. The standard InChI is InChI=1S/C17H24N4/c1-5-8-15-19-16(18)13(3)17(20-15)21(4)11-14-10-7-6-9-12(14)2/h6-7,9-10H,5,8,11H2,1-4H3,(H2,18,19,20). The van der Waals surface area contributed by atoms with Crippen LogP contribution in [0, 0.1) is 13.8 Å². The zero-order valence-electron chi connectivity index (χ0n) is 13.3. The maximum atomic E-state index is 6.04. The number of hydrogen-bond acceptors (Lipinski definition) is 4. The predicted molar refractivity (Wildman–Crippen MR) is 88.5 cm³/mol. The fourth-order valence-corrected chi connectivity index (χ4v) is 2.39. The van der Waals surface area contributed by atoms with Crippen molar-refractivity contribution in [1.82, 2.24) is 9.97 Å². The smallest absolute Gasteiger partial charge is 0.137 e. The second-order valence-electron chi connectivity index (χ2n) is 5.51. The van der Waals surface area contributed by atoms with Crippen LogP contribution in [-0.4, -0.2) is 17.0 Å². The van der Waals surface area contributed by atoms with Gasteiger partial charge in [-0.05, 0) is 31.4 Å². The summed E-state index contributed by atoms with van der Waals surface area (Å²) >= 11 is 0. The Labute approximate surface area is 127 Å². The summed E-state index contributed by atoms with van der Waals surface area (Å²) in [6, 6.07) is 8.41. The predicted octanol–water partition coefficient (Wildman–Crippen LogP) is 3.26. The number of nitrogens with zero attached hydrogens (tertiary/aromatic N) is 3. The van der Waals surface area contributed by atoms with Crippen LogP contribution in [0.1, 0.15) is 35.9 Å². The van der Waals surface area contributed by atoms with Crippen LogP contribution in [0.4, 0.5) is 11.6 Å². The summed E-state index contributed by atoms with van der Waals surface area (Å²) in [5.74, 6) is 2.33. The molecule has 0 spiro atoms. The Morgan fingerprint density at radius 1 is 1.14 bits per heavy atom. The fraction of sp³-hybridized carbons (Fsp3) is 0.412. The van der Waals surface area contributed by atoms with Crippen molar-refractivity contribution in [2.45, 2.75) is 40.2 Å². The molecule has 2 aromatic rings. The van der Waals surface area contributed by atoms with Gasteiger partial charge in [0.25, 0.3) is 0 Å². The zero-order chi connectivity index (χ0) is 15.4. The van der Waals surface area contributed by atoms with Gasteiger partial charge in [-0.3, -0.25) is 0 Å². The Balaban J connectivity index is 2.30. The maximum absolute atomic E-state index is 6.04. The first-order chi connectivity index (χ1) is 10.0. The van der Waals surface area contributed by atoms with Gasteiger partial charge < -0.3 is 10.6 Å². The molecule has 0 aliphatic rings. The second-order valence-corrected chi connectivity index (χ2v) is 5.51. The van der Waals surface area contributed by atoms with Crippen LogP contribution >= 0.6 is 0 Å². The lowest BCUT2D eigenvalue weighted by atomic mass is 10.1. The van der Waals surface area contributed by atoms with E-state index in [1.165, 1.54) is 11.1 Å². The third kappa shape index (κ3) is 3.51. The molecule has 4 heteroatoms. The lowest BCUT2D eigenvalue weighted by Crippen LogP contribution is -2.21. The van der Waals surface area contributed by atoms with Gasteiger partial charge in [0.2, 0.25) is 0 Å². The van der Waals surface area contributed by atoms with E-state index in [-0.39, 0.29) is 0 Å². The summed E-state index contributed by atoms with van der Waals surface area (Å²) in [6.45, 7) is 7.05. The summed E-state index contributed by atoms with van der Waals surface area (Å²) < 4.78 is 0. The van der Waals surface area contributed by atoms with E-state index in [1.807, 2.05) is 6.92 Å². The molecule has 0 amide bonds. The molecule has 21 heavy (non-hydrogen) atoms. The molecule has 1 heterocycles. The van der Waals surface area contributed by atoms with Crippen molar-refractivity contribution in [1.29, 1.82) is 0 Å². The molecule has 1 aromatic heterocycles. The van der Waals surface area contributed by atoms with Crippen molar-refractivity contribution in [3.8, 4) is 0 Å². The molecule has 0 unspecified atom stereocenters. The van der Waals surface area contributed by atoms with Crippen molar-refractivity contribution >= 4 is 11.6 Å². The largest absolute Gasteiger partial charge is 0.383 e. The Hall–Kier alpha value is -2.10. The molecular weight excluding hydrogens is 260 g/mol. The minimum atomic E-state index is 0.583. The van der Waals surface area contributed by atoms with E-state index in [9.17, 15) is 0 Å². The van der Waals surface area contributed by atoms with Crippen LogP contribution in [0.5, 0.6) is 0 Å². The van der Waals surface area contributed by atoms with Gasteiger partial charge in [0.1, 0.15) is 17.5 Å². The van der Waals surface area contributed by atoms with E-state index in [0.717, 1.165) is 36.6 Å². The van der Waals surface area contributed by atoms with Gasteiger partial charge in [0.15, 0.2) is 0 Å². The highest BCUT2D eigenvalue weighted by Gasteiger charge is 2.13. The van der Waals surface area contributed by atoms with Crippen molar-refractivity contribution in [2.24, 2.45) is 0 Å². The van der Waals surface area contributed by atoms with E-state index >= 15 is 0 Å². The average Bonchev–Trinajstić information content (AvgIpc) is 2.45. The maximum Gasteiger partial charge on any atom is 0.137 e. The van der Waals surface area contributed by atoms with E-state index in [0.29, 0.717) is 5.82 Å². The summed E-state index contributed by atoms with van der Waals surface area (Å²) in [6.07, 6.45) is 1.87. The highest BCUT2D eigenvalue weighted by atomic mass is 15.2. The van der Waals surface area contributed by atoms with Crippen molar-refractivity contribution in [2.75, 3.05) is 17.7 Å². The summed E-state index contributed by atoms with van der Waals surface area (Å²) in [5.41, 5.74) is 9.57. The molecule has 0 saturated heterocycles. The monoisotopic (exact) mass is 284 g/mol. The summed E-state index contributed by atoms with van der Waals surface area (Å²) in [4.78, 5) is 11.2. The highest BCUT2D eigenvalue weighted by Crippen LogP contribution is 2.23. The lowest BCUT2D eigenvalue weighted by molar-refractivity contribution is 0.808. The number of aryl methyl sites for hydroxylation is 2. The molecule has 1 aromatic carbocycles. The van der Waals surface area contributed by atoms with Gasteiger partial charge in [-0.15, -0.1) is 0 Å². The Kier molecular flexibility index (Phi) is 4.78. The average molecular weight is 284 g/mol. The summed E-state index contributed by atoms with van der Waals surface area (Å²) in [7, 11) is 2.05. The van der Waals surface area contributed by atoms with Crippen LogP contribution in [-0.2, 0) is 13.0 Å². The minimum Gasteiger partial charge on any atom is -0.383 e. The van der Waals surface area contributed by atoms with Crippen molar-refractivity contribution in [3.63, 3.8) is 0 Å². The summed E-state index contributed by atoms with van der Waals surface area (Å²) in [5, 5.41) is 0.